The number of carbonyl (C=O) groups excluding carboxylic acids is 2. The Morgan fingerprint density at radius 2 is 2.13 bits per heavy atom. The number of aromatic nitrogens is 1. The summed E-state index contributed by atoms with van der Waals surface area (Å²) in [6.45, 7) is 1.79. The predicted octanol–water partition coefficient (Wildman–Crippen LogP) is 2.79. The van der Waals surface area contributed by atoms with Crippen LogP contribution < -0.4 is 20.3 Å². The van der Waals surface area contributed by atoms with Crippen molar-refractivity contribution in [2.75, 3.05) is 36.5 Å². The second-order valence-corrected chi connectivity index (χ2v) is 8.52. The van der Waals surface area contributed by atoms with Gasteiger partial charge in [0.2, 0.25) is 0 Å². The molecule has 1 fully saturated rings. The largest absolute Gasteiger partial charge is 0.480 e. The maximum Gasteiger partial charge on any atom is 0.416 e. The van der Waals surface area contributed by atoms with Crippen LogP contribution in [0.15, 0.2) is 30.3 Å². The van der Waals surface area contributed by atoms with E-state index in [0.717, 1.165) is 30.8 Å². The summed E-state index contributed by atoms with van der Waals surface area (Å²) in [5.41, 5.74) is 2.64. The number of nitrogens with one attached hydrogen (secondary N) is 2. The second kappa shape index (κ2) is 8.36. The minimum absolute atomic E-state index is 0.0342. The zero-order valence-electron chi connectivity index (χ0n) is 16.9. The molecule has 3 heterocycles. The molecule has 31 heavy (non-hydrogen) atoms. The van der Waals surface area contributed by atoms with Gasteiger partial charge in [-0.05, 0) is 61.1 Å². The smallest absolute Gasteiger partial charge is 0.416 e. The Morgan fingerprint density at radius 1 is 1.23 bits per heavy atom. The van der Waals surface area contributed by atoms with Crippen LogP contribution in [-0.2, 0) is 22.4 Å². The van der Waals surface area contributed by atoms with Crippen molar-refractivity contribution < 1.29 is 19.1 Å². The number of rotatable bonds is 6. The Kier molecular flexibility index (Phi) is 5.41. The number of cyclic esters (lactones) is 1. The third-order valence-corrected chi connectivity index (χ3v) is 6.28. The molecule has 2 amide bonds. The minimum Gasteiger partial charge on any atom is -0.480 e. The van der Waals surface area contributed by atoms with Crippen LogP contribution in [0.5, 0.6) is 5.75 Å². The highest BCUT2D eigenvalue weighted by molar-refractivity contribution is 6.31. The Labute approximate surface area is 184 Å². The van der Waals surface area contributed by atoms with Crippen LogP contribution in [0.25, 0.3) is 0 Å². The fourth-order valence-electron chi connectivity index (χ4n) is 4.39. The number of nitrogens with zero attached hydrogens (tertiary/aromatic N) is 2. The predicted molar refractivity (Wildman–Crippen MR) is 116 cm³/mol. The molecule has 5 rings (SSSR count). The van der Waals surface area contributed by atoms with Crippen LogP contribution in [0.2, 0.25) is 5.02 Å². The van der Waals surface area contributed by atoms with Gasteiger partial charge in [-0.3, -0.25) is 9.69 Å². The molecule has 1 aromatic carbocycles. The Bertz CT molecular complexity index is 1030. The summed E-state index contributed by atoms with van der Waals surface area (Å²) >= 11 is 6.31. The molecule has 1 aromatic heterocycles. The van der Waals surface area contributed by atoms with E-state index in [2.05, 4.69) is 21.7 Å². The number of pyridine rings is 1. The molecule has 1 saturated heterocycles. The summed E-state index contributed by atoms with van der Waals surface area (Å²) in [6.07, 6.45) is 2.43. The third kappa shape index (κ3) is 4.18. The molecule has 2 aromatic rings. The van der Waals surface area contributed by atoms with Gasteiger partial charge in [0.05, 0.1) is 6.54 Å². The van der Waals surface area contributed by atoms with Crippen molar-refractivity contribution in [3.63, 3.8) is 0 Å². The summed E-state index contributed by atoms with van der Waals surface area (Å²) in [5, 5.41) is 6.93. The highest BCUT2D eigenvalue weighted by atomic mass is 35.5. The van der Waals surface area contributed by atoms with Crippen molar-refractivity contribution in [2.45, 2.75) is 25.4 Å². The van der Waals surface area contributed by atoms with E-state index in [0.29, 0.717) is 36.4 Å². The van der Waals surface area contributed by atoms with Crippen molar-refractivity contribution >= 4 is 35.2 Å². The van der Waals surface area contributed by atoms with E-state index < -0.39 is 6.09 Å². The molecule has 2 N–H and O–H groups in total. The van der Waals surface area contributed by atoms with Gasteiger partial charge in [-0.15, -0.1) is 0 Å². The van der Waals surface area contributed by atoms with Gasteiger partial charge in [0.1, 0.15) is 11.9 Å². The molecule has 2 atom stereocenters. The van der Waals surface area contributed by atoms with Crippen molar-refractivity contribution in [2.24, 2.45) is 5.92 Å². The highest BCUT2D eigenvalue weighted by Crippen LogP contribution is 2.33. The number of anilines is 2. The summed E-state index contributed by atoms with van der Waals surface area (Å²) in [6, 6.07) is 9.52. The first-order chi connectivity index (χ1) is 15.1. The molecule has 2 unspecified atom stereocenters. The minimum atomic E-state index is -0.441. The Hall–Kier alpha value is -2.84. The van der Waals surface area contributed by atoms with E-state index in [1.54, 1.807) is 12.1 Å². The zero-order valence-corrected chi connectivity index (χ0v) is 17.7. The van der Waals surface area contributed by atoms with Gasteiger partial charge in [0.25, 0.3) is 5.91 Å². The van der Waals surface area contributed by atoms with Crippen molar-refractivity contribution in [1.29, 1.82) is 0 Å². The quantitative estimate of drug-likeness (QED) is 0.668. The van der Waals surface area contributed by atoms with E-state index in [1.165, 1.54) is 16.0 Å². The standard InChI is InChI=1S/C22H23ClN4O4/c23-17-3-1-2-14-8-13(9-16(14)17)6-7-24-10-15-11-27(22(29)31-15)19-5-4-18-21(25-19)26-20(28)12-30-18/h1-5,13,15,24H,6-12H2,(H,25,26,28). The van der Waals surface area contributed by atoms with Gasteiger partial charge in [-0.1, -0.05) is 23.7 Å². The number of halogens is 1. The number of benzene rings is 1. The van der Waals surface area contributed by atoms with E-state index in [9.17, 15) is 9.59 Å². The fourth-order valence-corrected chi connectivity index (χ4v) is 4.66. The van der Waals surface area contributed by atoms with E-state index in [4.69, 9.17) is 21.1 Å². The lowest BCUT2D eigenvalue weighted by Gasteiger charge is -2.19. The van der Waals surface area contributed by atoms with Crippen molar-refractivity contribution in [1.82, 2.24) is 10.3 Å². The van der Waals surface area contributed by atoms with Gasteiger partial charge in [-0.25, -0.2) is 9.78 Å². The molecule has 0 radical (unpaired) electrons. The molecule has 8 nitrogen and oxygen atoms in total. The zero-order chi connectivity index (χ0) is 21.4. The van der Waals surface area contributed by atoms with Crippen molar-refractivity contribution in [3.8, 4) is 5.75 Å². The maximum absolute atomic E-state index is 12.3. The lowest BCUT2D eigenvalue weighted by Crippen LogP contribution is -2.32. The SMILES string of the molecule is O=C1COc2ccc(N3CC(CNCCC4Cc5cccc(Cl)c5C4)OC3=O)nc2N1. The maximum atomic E-state index is 12.3. The number of hydrogen-bond donors (Lipinski definition) is 2. The Morgan fingerprint density at radius 3 is 3.00 bits per heavy atom. The van der Waals surface area contributed by atoms with Crippen LogP contribution in [0.1, 0.15) is 17.5 Å². The first kappa shape index (κ1) is 20.1. The number of ether oxygens (including phenoxy) is 2. The van der Waals surface area contributed by atoms with E-state index >= 15 is 0 Å². The Balaban J connectivity index is 1.10. The van der Waals surface area contributed by atoms with Crippen LogP contribution >= 0.6 is 11.6 Å². The van der Waals surface area contributed by atoms with Gasteiger partial charge in [-0.2, -0.15) is 0 Å². The van der Waals surface area contributed by atoms with Gasteiger partial charge in [0, 0.05) is 11.6 Å². The van der Waals surface area contributed by atoms with E-state index in [1.807, 2.05) is 12.1 Å². The molecule has 0 spiro atoms. The van der Waals surface area contributed by atoms with Crippen LogP contribution in [0.3, 0.4) is 0 Å². The topological polar surface area (TPSA) is 92.8 Å². The van der Waals surface area contributed by atoms with E-state index in [-0.39, 0.29) is 18.6 Å². The molecule has 3 aliphatic rings. The lowest BCUT2D eigenvalue weighted by atomic mass is 10.0. The van der Waals surface area contributed by atoms with Gasteiger partial charge < -0.3 is 20.1 Å². The summed E-state index contributed by atoms with van der Waals surface area (Å²) in [4.78, 5) is 29.6. The highest BCUT2D eigenvalue weighted by Gasteiger charge is 2.34. The number of fused-ring (bicyclic) bond motifs is 2. The number of amides is 2. The second-order valence-electron chi connectivity index (χ2n) is 8.11. The number of hydrogen-bond acceptors (Lipinski definition) is 6. The average Bonchev–Trinajstić information content (AvgIpc) is 3.34. The summed E-state index contributed by atoms with van der Waals surface area (Å²) in [7, 11) is 0. The molecular weight excluding hydrogens is 420 g/mol. The molecule has 2 aliphatic heterocycles. The van der Waals surface area contributed by atoms with Crippen LogP contribution in [-0.4, -0.2) is 49.3 Å². The molecule has 1 aliphatic carbocycles. The molecular formula is C22H23ClN4O4. The van der Waals surface area contributed by atoms with Gasteiger partial charge >= 0.3 is 6.09 Å². The van der Waals surface area contributed by atoms with Crippen molar-refractivity contribution in [3.05, 3.63) is 46.5 Å². The normalized spacial score (nSPS) is 21.9. The lowest BCUT2D eigenvalue weighted by molar-refractivity contribution is -0.118. The average molecular weight is 443 g/mol. The van der Waals surface area contributed by atoms with Gasteiger partial charge in [0.15, 0.2) is 18.2 Å². The molecule has 0 saturated carbocycles. The fraction of sp³-hybridized carbons (Fsp3) is 0.409. The van der Waals surface area contributed by atoms with Crippen LogP contribution in [0, 0.1) is 5.92 Å². The summed E-state index contributed by atoms with van der Waals surface area (Å²) in [5.74, 6) is 1.56. The third-order valence-electron chi connectivity index (χ3n) is 5.93. The molecule has 9 heteroatoms. The monoisotopic (exact) mass is 442 g/mol. The molecule has 162 valence electrons. The number of carbonyl (C=O) groups is 2. The first-order valence-corrected chi connectivity index (χ1v) is 10.8. The van der Waals surface area contributed by atoms with Crippen LogP contribution in [0.4, 0.5) is 16.4 Å². The molecule has 0 bridgehead atoms. The summed E-state index contributed by atoms with van der Waals surface area (Å²) < 4.78 is 10.8. The first-order valence-electron chi connectivity index (χ1n) is 10.5.